The van der Waals surface area contributed by atoms with Crippen molar-refractivity contribution in [3.63, 3.8) is 0 Å². The fourth-order valence-electron chi connectivity index (χ4n) is 2.77. The molecule has 0 saturated carbocycles. The fraction of sp³-hybridized carbons (Fsp3) is 0.538. The summed E-state index contributed by atoms with van der Waals surface area (Å²) < 4.78 is 0. The molecule has 1 aromatic heterocycles. The monoisotopic (exact) mass is 248 g/mol. The number of amidine groups is 1. The van der Waals surface area contributed by atoms with E-state index < -0.39 is 0 Å². The summed E-state index contributed by atoms with van der Waals surface area (Å²) in [5.74, 6) is 1.43. The molecule has 3 N–H and O–H groups in total. The van der Waals surface area contributed by atoms with E-state index in [9.17, 15) is 0 Å². The normalized spacial score (nSPS) is 25.2. The minimum atomic E-state index is 0.137. The second kappa shape index (κ2) is 5.25. The lowest BCUT2D eigenvalue weighted by molar-refractivity contribution is 0.318. The van der Waals surface area contributed by atoms with Crippen molar-refractivity contribution in [1.29, 1.82) is 0 Å². The number of pyridine rings is 1. The molecule has 0 amide bonds. The molecule has 98 valence electrons. The van der Waals surface area contributed by atoms with Crippen LogP contribution in [0.3, 0.4) is 0 Å². The highest BCUT2D eigenvalue weighted by molar-refractivity contribution is 6.02. The molecule has 18 heavy (non-hydrogen) atoms. The summed E-state index contributed by atoms with van der Waals surface area (Å²) in [6.07, 6.45) is 4.70. The van der Waals surface area contributed by atoms with Crippen LogP contribution in [0.1, 0.15) is 25.8 Å². The van der Waals surface area contributed by atoms with Gasteiger partial charge in [0.1, 0.15) is 0 Å². The first-order valence-electron chi connectivity index (χ1n) is 6.28. The van der Waals surface area contributed by atoms with Gasteiger partial charge in [-0.2, -0.15) is 0 Å². The minimum Gasteiger partial charge on any atom is -0.409 e. The molecule has 1 aliphatic heterocycles. The highest BCUT2D eigenvalue weighted by atomic mass is 16.4. The van der Waals surface area contributed by atoms with Crippen LogP contribution in [-0.4, -0.2) is 29.1 Å². The van der Waals surface area contributed by atoms with Crippen molar-refractivity contribution in [3.05, 3.63) is 24.0 Å². The zero-order valence-electron chi connectivity index (χ0n) is 10.9. The average Bonchev–Trinajstić information content (AvgIpc) is 2.36. The van der Waals surface area contributed by atoms with E-state index in [4.69, 9.17) is 10.9 Å². The molecule has 1 aromatic rings. The summed E-state index contributed by atoms with van der Waals surface area (Å²) in [5, 5.41) is 11.9. The SMILES string of the molecule is CC1CC(C)CN(c2cnccc2/C(N)=N/O)C1. The summed E-state index contributed by atoms with van der Waals surface area (Å²) >= 11 is 0. The van der Waals surface area contributed by atoms with Crippen LogP contribution in [0.2, 0.25) is 0 Å². The largest absolute Gasteiger partial charge is 0.409 e. The highest BCUT2D eigenvalue weighted by Crippen LogP contribution is 2.28. The van der Waals surface area contributed by atoms with Crippen molar-refractivity contribution >= 4 is 11.5 Å². The van der Waals surface area contributed by atoms with Gasteiger partial charge >= 0.3 is 0 Å². The standard InChI is InChI=1S/C13H20N4O/c1-9-5-10(2)8-17(7-9)12-6-15-4-3-11(12)13(14)16-18/h3-4,6,9-10,18H,5,7-8H2,1-2H3,(H2,14,16). The van der Waals surface area contributed by atoms with Crippen LogP contribution in [0.15, 0.2) is 23.6 Å². The van der Waals surface area contributed by atoms with E-state index in [0.29, 0.717) is 11.8 Å². The van der Waals surface area contributed by atoms with Crippen molar-refractivity contribution < 1.29 is 5.21 Å². The second-order valence-corrected chi connectivity index (χ2v) is 5.23. The van der Waals surface area contributed by atoms with E-state index in [0.717, 1.165) is 24.3 Å². The third-order valence-electron chi connectivity index (χ3n) is 3.39. The highest BCUT2D eigenvalue weighted by Gasteiger charge is 2.24. The van der Waals surface area contributed by atoms with Crippen molar-refractivity contribution in [3.8, 4) is 0 Å². The quantitative estimate of drug-likeness (QED) is 0.361. The molecule has 0 aromatic carbocycles. The number of nitrogens with zero attached hydrogens (tertiary/aromatic N) is 3. The molecule has 0 radical (unpaired) electrons. The Morgan fingerprint density at radius 3 is 2.72 bits per heavy atom. The summed E-state index contributed by atoms with van der Waals surface area (Å²) in [7, 11) is 0. The Bertz CT molecular complexity index is 436. The number of hydrogen-bond acceptors (Lipinski definition) is 4. The maximum Gasteiger partial charge on any atom is 0.172 e. The van der Waals surface area contributed by atoms with Gasteiger partial charge in [0.25, 0.3) is 0 Å². The number of hydrogen-bond donors (Lipinski definition) is 2. The lowest BCUT2D eigenvalue weighted by Crippen LogP contribution is -2.39. The van der Waals surface area contributed by atoms with Crippen LogP contribution in [0.4, 0.5) is 5.69 Å². The number of rotatable bonds is 2. The molecule has 1 aliphatic rings. The van der Waals surface area contributed by atoms with Crippen LogP contribution >= 0.6 is 0 Å². The molecule has 1 fully saturated rings. The predicted octanol–water partition coefficient (Wildman–Crippen LogP) is 1.66. The minimum absolute atomic E-state index is 0.137. The number of anilines is 1. The maximum absolute atomic E-state index is 8.84. The number of nitrogens with two attached hydrogens (primary N) is 1. The topological polar surface area (TPSA) is 74.7 Å². The van der Waals surface area contributed by atoms with Gasteiger partial charge in [-0.15, -0.1) is 0 Å². The van der Waals surface area contributed by atoms with Crippen LogP contribution in [0.5, 0.6) is 0 Å². The smallest absolute Gasteiger partial charge is 0.172 e. The molecule has 2 atom stereocenters. The zero-order chi connectivity index (χ0) is 13.1. The average molecular weight is 248 g/mol. The molecular weight excluding hydrogens is 228 g/mol. The molecule has 0 spiro atoms. The molecule has 5 nitrogen and oxygen atoms in total. The summed E-state index contributed by atoms with van der Waals surface area (Å²) in [4.78, 5) is 6.43. The second-order valence-electron chi connectivity index (χ2n) is 5.23. The van der Waals surface area contributed by atoms with Gasteiger partial charge in [0.2, 0.25) is 0 Å². The fourth-order valence-corrected chi connectivity index (χ4v) is 2.77. The summed E-state index contributed by atoms with van der Waals surface area (Å²) in [5.41, 5.74) is 7.41. The summed E-state index contributed by atoms with van der Waals surface area (Å²) in [6, 6.07) is 1.79. The number of piperidine rings is 1. The predicted molar refractivity (Wildman–Crippen MR) is 71.9 cm³/mol. The Labute approximate surface area is 107 Å². The lowest BCUT2D eigenvalue weighted by Gasteiger charge is -2.37. The van der Waals surface area contributed by atoms with Crippen molar-refractivity contribution in [1.82, 2.24) is 4.98 Å². The van der Waals surface area contributed by atoms with Crippen molar-refractivity contribution in [2.45, 2.75) is 20.3 Å². The molecule has 0 bridgehead atoms. The Morgan fingerprint density at radius 1 is 1.44 bits per heavy atom. The molecular formula is C13H20N4O. The molecule has 1 saturated heterocycles. The van der Waals surface area contributed by atoms with Gasteiger partial charge in [-0.3, -0.25) is 4.98 Å². The molecule has 0 aliphatic carbocycles. The van der Waals surface area contributed by atoms with Gasteiger partial charge in [0, 0.05) is 24.8 Å². The number of aromatic nitrogens is 1. The van der Waals surface area contributed by atoms with E-state index in [1.54, 1.807) is 18.5 Å². The van der Waals surface area contributed by atoms with Crippen molar-refractivity contribution in [2.24, 2.45) is 22.7 Å². The van der Waals surface area contributed by atoms with Crippen LogP contribution < -0.4 is 10.6 Å². The Balaban J connectivity index is 2.32. The van der Waals surface area contributed by atoms with Gasteiger partial charge in [-0.05, 0) is 24.3 Å². The Morgan fingerprint density at radius 2 is 2.11 bits per heavy atom. The molecule has 2 rings (SSSR count). The number of oxime groups is 1. The van der Waals surface area contributed by atoms with E-state index in [2.05, 4.69) is 28.9 Å². The van der Waals surface area contributed by atoms with E-state index in [-0.39, 0.29) is 5.84 Å². The first-order valence-corrected chi connectivity index (χ1v) is 6.28. The van der Waals surface area contributed by atoms with Crippen LogP contribution in [-0.2, 0) is 0 Å². The summed E-state index contributed by atoms with van der Waals surface area (Å²) in [6.45, 7) is 6.48. The van der Waals surface area contributed by atoms with E-state index >= 15 is 0 Å². The molecule has 5 heteroatoms. The third kappa shape index (κ3) is 2.55. The first-order chi connectivity index (χ1) is 8.61. The lowest BCUT2D eigenvalue weighted by atomic mass is 9.91. The molecule has 2 unspecified atom stereocenters. The van der Waals surface area contributed by atoms with Crippen LogP contribution in [0.25, 0.3) is 0 Å². The zero-order valence-corrected chi connectivity index (χ0v) is 10.9. The first kappa shape index (κ1) is 12.7. The van der Waals surface area contributed by atoms with Gasteiger partial charge in [0.05, 0.1) is 11.9 Å². The van der Waals surface area contributed by atoms with Gasteiger partial charge in [0.15, 0.2) is 5.84 Å². The molecule has 2 heterocycles. The third-order valence-corrected chi connectivity index (χ3v) is 3.39. The maximum atomic E-state index is 8.84. The van der Waals surface area contributed by atoms with Gasteiger partial charge in [-0.1, -0.05) is 19.0 Å². The van der Waals surface area contributed by atoms with Gasteiger partial charge < -0.3 is 15.8 Å². The van der Waals surface area contributed by atoms with E-state index in [1.807, 2.05) is 0 Å². The van der Waals surface area contributed by atoms with Crippen molar-refractivity contribution in [2.75, 3.05) is 18.0 Å². The van der Waals surface area contributed by atoms with Gasteiger partial charge in [-0.25, -0.2) is 0 Å². The van der Waals surface area contributed by atoms with E-state index in [1.165, 1.54) is 6.42 Å². The Hall–Kier alpha value is -1.78. The Kier molecular flexibility index (Phi) is 3.69. The van der Waals surface area contributed by atoms with Crippen LogP contribution in [0, 0.1) is 11.8 Å².